The van der Waals surface area contributed by atoms with Crippen molar-refractivity contribution >= 4 is 17.6 Å². The molecular formula is C8H5ClF3NO2. The second-order valence-electron chi connectivity index (χ2n) is 2.59. The van der Waals surface area contributed by atoms with Gasteiger partial charge in [-0.25, -0.2) is 18.0 Å². The molecule has 7 heteroatoms. The molecule has 1 aromatic rings. The summed E-state index contributed by atoms with van der Waals surface area (Å²) in [5.74, 6) is -3.51. The van der Waals surface area contributed by atoms with Crippen molar-refractivity contribution < 1.29 is 23.1 Å². The predicted molar refractivity (Wildman–Crippen MR) is 45.7 cm³/mol. The van der Waals surface area contributed by atoms with Crippen LogP contribution in [0.15, 0.2) is 6.20 Å². The Hall–Kier alpha value is -1.30. The summed E-state index contributed by atoms with van der Waals surface area (Å²) in [5.41, 5.74) is -2.21. The van der Waals surface area contributed by atoms with Crippen molar-refractivity contribution in [2.45, 2.75) is 12.3 Å². The fourth-order valence-corrected chi connectivity index (χ4v) is 1.21. The highest BCUT2D eigenvalue weighted by molar-refractivity contribution is 6.17. The highest BCUT2D eigenvalue weighted by atomic mass is 35.5. The summed E-state index contributed by atoms with van der Waals surface area (Å²) in [6, 6.07) is 0. The molecule has 0 bridgehead atoms. The van der Waals surface area contributed by atoms with Crippen molar-refractivity contribution in [3.8, 4) is 0 Å². The van der Waals surface area contributed by atoms with Crippen LogP contribution in [0, 0.1) is 5.82 Å². The Labute approximate surface area is 87.5 Å². The molecule has 1 rings (SSSR count). The minimum atomic E-state index is -3.11. The van der Waals surface area contributed by atoms with E-state index in [-0.39, 0.29) is 11.6 Å². The van der Waals surface area contributed by atoms with Gasteiger partial charge in [-0.15, -0.1) is 11.6 Å². The van der Waals surface area contributed by atoms with Gasteiger partial charge in [-0.1, -0.05) is 0 Å². The maximum atomic E-state index is 13.3. The Balaban J connectivity index is 3.42. The van der Waals surface area contributed by atoms with Crippen molar-refractivity contribution in [1.82, 2.24) is 4.98 Å². The Morgan fingerprint density at radius 2 is 2.20 bits per heavy atom. The molecule has 0 saturated heterocycles. The van der Waals surface area contributed by atoms with Crippen LogP contribution in [-0.4, -0.2) is 16.1 Å². The minimum Gasteiger partial charge on any atom is -0.478 e. The molecule has 0 radical (unpaired) electrons. The summed E-state index contributed by atoms with van der Waals surface area (Å²) in [6.07, 6.45) is -2.52. The van der Waals surface area contributed by atoms with Gasteiger partial charge in [0.25, 0.3) is 6.43 Å². The maximum Gasteiger partial charge on any atom is 0.340 e. The van der Waals surface area contributed by atoms with E-state index in [1.165, 1.54) is 0 Å². The zero-order valence-corrected chi connectivity index (χ0v) is 7.93. The molecule has 0 aliphatic carbocycles. The van der Waals surface area contributed by atoms with Crippen molar-refractivity contribution in [3.05, 3.63) is 28.8 Å². The number of carboxylic acid groups (broad SMARTS) is 1. The number of aromatic nitrogens is 1. The van der Waals surface area contributed by atoms with Crippen LogP contribution in [0.1, 0.15) is 28.0 Å². The number of nitrogens with zero attached hydrogens (tertiary/aromatic N) is 1. The minimum absolute atomic E-state index is 0.272. The van der Waals surface area contributed by atoms with Gasteiger partial charge in [0.2, 0.25) is 0 Å². The summed E-state index contributed by atoms with van der Waals surface area (Å²) in [7, 11) is 0. The summed E-state index contributed by atoms with van der Waals surface area (Å²) in [5, 5.41) is 8.60. The van der Waals surface area contributed by atoms with E-state index in [2.05, 4.69) is 4.98 Å². The highest BCUT2D eigenvalue weighted by Gasteiger charge is 2.24. The number of hydrogen-bond acceptors (Lipinski definition) is 2. The summed E-state index contributed by atoms with van der Waals surface area (Å²) in [6.45, 7) is 0. The third-order valence-corrected chi connectivity index (χ3v) is 1.95. The third-order valence-electron chi connectivity index (χ3n) is 1.70. The zero-order chi connectivity index (χ0) is 11.6. The first-order chi connectivity index (χ1) is 6.99. The normalized spacial score (nSPS) is 10.7. The monoisotopic (exact) mass is 239 g/mol. The molecule has 3 nitrogen and oxygen atoms in total. The smallest absolute Gasteiger partial charge is 0.340 e. The van der Waals surface area contributed by atoms with Gasteiger partial charge in [-0.3, -0.25) is 4.98 Å². The first-order valence-electron chi connectivity index (χ1n) is 3.73. The molecule has 0 unspecified atom stereocenters. The number of carbonyl (C=O) groups is 1. The van der Waals surface area contributed by atoms with Gasteiger partial charge in [0.15, 0.2) is 0 Å². The van der Waals surface area contributed by atoms with E-state index in [0.717, 1.165) is 0 Å². The molecule has 0 aliphatic rings. The van der Waals surface area contributed by atoms with Gasteiger partial charge in [-0.2, -0.15) is 0 Å². The van der Waals surface area contributed by atoms with Crippen LogP contribution in [-0.2, 0) is 5.88 Å². The fourth-order valence-electron chi connectivity index (χ4n) is 1.01. The zero-order valence-electron chi connectivity index (χ0n) is 7.18. The van der Waals surface area contributed by atoms with Gasteiger partial charge in [0.05, 0.1) is 17.1 Å². The Kier molecular flexibility index (Phi) is 3.52. The molecule has 15 heavy (non-hydrogen) atoms. The second kappa shape index (κ2) is 4.48. The average Bonchev–Trinajstić information content (AvgIpc) is 2.15. The number of alkyl halides is 3. The molecule has 0 spiro atoms. The first-order valence-corrected chi connectivity index (χ1v) is 4.27. The molecule has 82 valence electrons. The van der Waals surface area contributed by atoms with E-state index in [1.807, 2.05) is 0 Å². The van der Waals surface area contributed by atoms with Crippen LogP contribution >= 0.6 is 11.6 Å². The van der Waals surface area contributed by atoms with Crippen molar-refractivity contribution in [2.75, 3.05) is 0 Å². The number of hydrogen-bond donors (Lipinski definition) is 1. The molecule has 0 atom stereocenters. The number of rotatable bonds is 3. The molecule has 0 aromatic carbocycles. The van der Waals surface area contributed by atoms with Crippen LogP contribution < -0.4 is 0 Å². The van der Waals surface area contributed by atoms with Crippen molar-refractivity contribution in [3.63, 3.8) is 0 Å². The number of aromatic carboxylic acids is 1. The molecule has 0 amide bonds. The molecule has 0 saturated carbocycles. The van der Waals surface area contributed by atoms with Crippen LogP contribution in [0.5, 0.6) is 0 Å². The summed E-state index contributed by atoms with van der Waals surface area (Å²) >= 11 is 5.30. The van der Waals surface area contributed by atoms with Crippen molar-refractivity contribution in [1.29, 1.82) is 0 Å². The Morgan fingerprint density at radius 3 is 2.60 bits per heavy atom. The lowest BCUT2D eigenvalue weighted by Crippen LogP contribution is -2.10. The molecule has 1 heterocycles. The topological polar surface area (TPSA) is 50.2 Å². The molecular weight excluding hydrogens is 235 g/mol. The fraction of sp³-hybridized carbons (Fsp3) is 0.250. The lowest BCUT2D eigenvalue weighted by atomic mass is 10.1. The van der Waals surface area contributed by atoms with Gasteiger partial charge in [-0.05, 0) is 0 Å². The van der Waals surface area contributed by atoms with Crippen LogP contribution in [0.25, 0.3) is 0 Å². The molecule has 1 N–H and O–H groups in total. The maximum absolute atomic E-state index is 13.3. The van der Waals surface area contributed by atoms with E-state index in [0.29, 0.717) is 6.20 Å². The largest absolute Gasteiger partial charge is 0.478 e. The summed E-state index contributed by atoms with van der Waals surface area (Å²) < 4.78 is 37.7. The predicted octanol–water partition coefficient (Wildman–Crippen LogP) is 2.60. The molecule has 0 aliphatic heterocycles. The van der Waals surface area contributed by atoms with Gasteiger partial charge in [0.1, 0.15) is 11.4 Å². The summed E-state index contributed by atoms with van der Waals surface area (Å²) in [4.78, 5) is 14.0. The average molecular weight is 240 g/mol. The van der Waals surface area contributed by atoms with Crippen LogP contribution in [0.3, 0.4) is 0 Å². The van der Waals surface area contributed by atoms with E-state index in [1.54, 1.807) is 0 Å². The quantitative estimate of drug-likeness (QED) is 0.825. The molecule has 0 fully saturated rings. The SMILES string of the molecule is O=C(O)c1c(CCl)ncc(C(F)F)c1F. The Bertz CT molecular complexity index is 398. The highest BCUT2D eigenvalue weighted by Crippen LogP contribution is 2.25. The first kappa shape index (κ1) is 11.8. The number of carboxylic acids is 1. The standard InChI is InChI=1S/C8H5ClF3NO2/c9-1-4-5(8(14)15)6(10)3(2-13-4)7(11)12/h2,7H,1H2,(H,14,15). The van der Waals surface area contributed by atoms with E-state index < -0.39 is 29.3 Å². The third kappa shape index (κ3) is 2.20. The van der Waals surface area contributed by atoms with Gasteiger partial charge in [0, 0.05) is 6.20 Å². The van der Waals surface area contributed by atoms with E-state index >= 15 is 0 Å². The number of pyridine rings is 1. The Morgan fingerprint density at radius 1 is 1.60 bits per heavy atom. The second-order valence-corrected chi connectivity index (χ2v) is 2.86. The lowest BCUT2D eigenvalue weighted by molar-refractivity contribution is 0.0688. The van der Waals surface area contributed by atoms with E-state index in [9.17, 15) is 18.0 Å². The molecule has 1 aromatic heterocycles. The van der Waals surface area contributed by atoms with Crippen LogP contribution in [0.4, 0.5) is 13.2 Å². The van der Waals surface area contributed by atoms with Gasteiger partial charge < -0.3 is 5.11 Å². The lowest BCUT2D eigenvalue weighted by Gasteiger charge is -2.07. The number of halogens is 4. The van der Waals surface area contributed by atoms with Gasteiger partial charge >= 0.3 is 5.97 Å². The van der Waals surface area contributed by atoms with E-state index in [4.69, 9.17) is 16.7 Å². The van der Waals surface area contributed by atoms with Crippen LogP contribution in [0.2, 0.25) is 0 Å². The van der Waals surface area contributed by atoms with Crippen molar-refractivity contribution in [2.24, 2.45) is 0 Å².